The molecule has 0 saturated heterocycles. The van der Waals surface area contributed by atoms with E-state index in [-0.39, 0.29) is 6.17 Å². The van der Waals surface area contributed by atoms with Gasteiger partial charge in [-0.3, -0.25) is 10.3 Å². The topological polar surface area (TPSA) is 27.6 Å². The molecular weight excluding hydrogens is 330 g/mol. The molecule has 5 rings (SSSR count). The summed E-state index contributed by atoms with van der Waals surface area (Å²) < 4.78 is 0. The summed E-state index contributed by atoms with van der Waals surface area (Å²) in [4.78, 5) is 2.30. The zero-order chi connectivity index (χ0) is 18.1. The van der Waals surface area contributed by atoms with Crippen LogP contribution >= 0.6 is 0 Å². The van der Waals surface area contributed by atoms with E-state index in [0.29, 0.717) is 0 Å². The van der Waals surface area contributed by atoms with E-state index >= 15 is 0 Å². The minimum Gasteiger partial charge on any atom is -0.297 e. The predicted octanol–water partition coefficient (Wildman–Crippen LogP) is 5.31. The van der Waals surface area contributed by atoms with Crippen LogP contribution < -0.4 is 10.3 Å². The Bertz CT molecular complexity index is 1100. The number of nitrogens with one attached hydrogen (secondary N) is 1. The maximum absolute atomic E-state index is 4.72. The fraction of sp³-hybridized carbons (Fsp3) is 0.0417. The van der Waals surface area contributed by atoms with Crippen molar-refractivity contribution in [1.29, 1.82) is 0 Å². The van der Waals surface area contributed by atoms with E-state index in [1.807, 2.05) is 12.1 Å². The van der Waals surface area contributed by atoms with Crippen molar-refractivity contribution in [3.05, 3.63) is 114 Å². The summed E-state index contributed by atoms with van der Waals surface area (Å²) >= 11 is 0. The molecule has 0 aliphatic carbocycles. The molecule has 3 heteroatoms. The smallest absolute Gasteiger partial charge is 0.162 e. The van der Waals surface area contributed by atoms with E-state index in [9.17, 15) is 0 Å². The zero-order valence-corrected chi connectivity index (χ0v) is 14.8. The Morgan fingerprint density at radius 3 is 2.15 bits per heavy atom. The van der Waals surface area contributed by atoms with Crippen molar-refractivity contribution >= 4 is 22.3 Å². The number of hydrogen-bond donors (Lipinski definition) is 1. The lowest BCUT2D eigenvalue weighted by Gasteiger charge is -2.29. The second kappa shape index (κ2) is 6.61. The molecule has 3 nitrogen and oxygen atoms in total. The van der Waals surface area contributed by atoms with Crippen molar-refractivity contribution in [1.82, 2.24) is 5.43 Å². The third-order valence-electron chi connectivity index (χ3n) is 4.95. The highest BCUT2D eigenvalue weighted by Gasteiger charge is 2.31. The van der Waals surface area contributed by atoms with Crippen molar-refractivity contribution in [2.24, 2.45) is 5.10 Å². The van der Waals surface area contributed by atoms with Gasteiger partial charge in [0.15, 0.2) is 5.84 Å². The standard InChI is InChI=1S/C24H19N3/c1-3-11-19(12-4-1)23-25-26-24(20-13-5-2-6-14-20)27(23)22-17-9-15-18-10-7-8-16-21(18)22/h1-17,23,25H. The van der Waals surface area contributed by atoms with E-state index < -0.39 is 0 Å². The maximum Gasteiger partial charge on any atom is 0.162 e. The van der Waals surface area contributed by atoms with Gasteiger partial charge in [0.25, 0.3) is 0 Å². The van der Waals surface area contributed by atoms with E-state index in [4.69, 9.17) is 5.10 Å². The minimum absolute atomic E-state index is 0.0489. The Morgan fingerprint density at radius 1 is 0.667 bits per heavy atom. The number of nitrogens with zero attached hydrogens (tertiary/aromatic N) is 2. The molecule has 0 amide bonds. The van der Waals surface area contributed by atoms with Crippen molar-refractivity contribution in [2.75, 3.05) is 4.90 Å². The van der Waals surface area contributed by atoms with Crippen molar-refractivity contribution in [3.63, 3.8) is 0 Å². The first kappa shape index (κ1) is 15.6. The first-order chi connectivity index (χ1) is 13.4. The second-order valence-electron chi connectivity index (χ2n) is 6.61. The molecule has 0 radical (unpaired) electrons. The van der Waals surface area contributed by atoms with Gasteiger partial charge in [-0.05, 0) is 17.0 Å². The summed E-state index contributed by atoms with van der Waals surface area (Å²) in [6, 6.07) is 35.7. The lowest BCUT2D eigenvalue weighted by Crippen LogP contribution is -2.34. The van der Waals surface area contributed by atoms with Crippen LogP contribution in [0.5, 0.6) is 0 Å². The molecule has 0 bridgehead atoms. The van der Waals surface area contributed by atoms with Crippen LogP contribution in [0.2, 0.25) is 0 Å². The normalized spacial score (nSPS) is 16.2. The molecule has 1 unspecified atom stereocenters. The highest BCUT2D eigenvalue weighted by atomic mass is 15.5. The quantitative estimate of drug-likeness (QED) is 0.543. The molecule has 27 heavy (non-hydrogen) atoms. The Kier molecular flexibility index (Phi) is 3.83. The lowest BCUT2D eigenvalue weighted by atomic mass is 10.0. The largest absolute Gasteiger partial charge is 0.297 e. The number of fused-ring (bicyclic) bond motifs is 1. The van der Waals surface area contributed by atoms with Gasteiger partial charge < -0.3 is 0 Å². The average Bonchev–Trinajstić information content (AvgIpc) is 3.19. The number of amidine groups is 1. The first-order valence-corrected chi connectivity index (χ1v) is 9.12. The molecule has 1 aliphatic rings. The molecule has 130 valence electrons. The van der Waals surface area contributed by atoms with E-state index in [0.717, 1.165) is 17.1 Å². The molecule has 0 aromatic heterocycles. The third-order valence-corrected chi connectivity index (χ3v) is 4.95. The van der Waals surface area contributed by atoms with Crippen molar-refractivity contribution < 1.29 is 0 Å². The summed E-state index contributed by atoms with van der Waals surface area (Å²) in [7, 11) is 0. The van der Waals surface area contributed by atoms with Crippen LogP contribution in [0.1, 0.15) is 17.3 Å². The van der Waals surface area contributed by atoms with Gasteiger partial charge in [0.2, 0.25) is 0 Å². The van der Waals surface area contributed by atoms with Gasteiger partial charge in [0.05, 0.1) is 5.69 Å². The van der Waals surface area contributed by atoms with Gasteiger partial charge in [-0.1, -0.05) is 97.1 Å². The Balaban J connectivity index is 1.70. The molecule has 1 atom stereocenters. The maximum atomic E-state index is 4.72. The molecule has 0 saturated carbocycles. The molecule has 4 aromatic carbocycles. The highest BCUT2D eigenvalue weighted by Crippen LogP contribution is 2.35. The zero-order valence-electron chi connectivity index (χ0n) is 14.8. The van der Waals surface area contributed by atoms with Crippen molar-refractivity contribution in [3.8, 4) is 0 Å². The molecule has 0 spiro atoms. The summed E-state index contributed by atoms with van der Waals surface area (Å²) in [5.74, 6) is 0.931. The summed E-state index contributed by atoms with van der Waals surface area (Å²) in [6.45, 7) is 0. The van der Waals surface area contributed by atoms with Crippen LogP contribution in [-0.4, -0.2) is 5.84 Å². The molecule has 4 aromatic rings. The van der Waals surface area contributed by atoms with E-state index in [1.165, 1.54) is 16.3 Å². The van der Waals surface area contributed by atoms with Gasteiger partial charge in [-0.25, -0.2) is 0 Å². The molecule has 1 N–H and O–H groups in total. The fourth-order valence-corrected chi connectivity index (χ4v) is 3.68. The summed E-state index contributed by atoms with van der Waals surface area (Å²) in [6.07, 6.45) is -0.0489. The van der Waals surface area contributed by atoms with Gasteiger partial charge in [0.1, 0.15) is 6.17 Å². The lowest BCUT2D eigenvalue weighted by molar-refractivity contribution is 0.618. The van der Waals surface area contributed by atoms with Crippen LogP contribution in [0.15, 0.2) is 108 Å². The van der Waals surface area contributed by atoms with Gasteiger partial charge in [-0.2, -0.15) is 5.10 Å². The predicted molar refractivity (Wildman–Crippen MR) is 112 cm³/mol. The minimum atomic E-state index is -0.0489. The van der Waals surface area contributed by atoms with Crippen LogP contribution in [-0.2, 0) is 0 Å². The molecular formula is C24H19N3. The third kappa shape index (κ3) is 2.74. The average molecular weight is 349 g/mol. The van der Waals surface area contributed by atoms with E-state index in [2.05, 4.69) is 101 Å². The fourth-order valence-electron chi connectivity index (χ4n) is 3.68. The van der Waals surface area contributed by atoms with Crippen molar-refractivity contribution in [2.45, 2.75) is 6.17 Å². The highest BCUT2D eigenvalue weighted by molar-refractivity contribution is 6.14. The van der Waals surface area contributed by atoms with Gasteiger partial charge in [0, 0.05) is 10.9 Å². The van der Waals surface area contributed by atoms with Gasteiger partial charge >= 0.3 is 0 Å². The summed E-state index contributed by atoms with van der Waals surface area (Å²) in [5.41, 5.74) is 6.77. The van der Waals surface area contributed by atoms with E-state index in [1.54, 1.807) is 0 Å². The number of hydrogen-bond acceptors (Lipinski definition) is 3. The Morgan fingerprint density at radius 2 is 1.33 bits per heavy atom. The second-order valence-corrected chi connectivity index (χ2v) is 6.61. The molecule has 1 heterocycles. The SMILES string of the molecule is c1ccc(C2=NNC(c3ccccc3)N2c2cccc3ccccc23)cc1. The molecule has 0 fully saturated rings. The molecule has 1 aliphatic heterocycles. The number of benzene rings is 4. The van der Waals surface area contributed by atoms with Crippen LogP contribution in [0.4, 0.5) is 5.69 Å². The van der Waals surface area contributed by atoms with Crippen LogP contribution in [0, 0.1) is 0 Å². The number of rotatable bonds is 3. The van der Waals surface area contributed by atoms with Gasteiger partial charge in [-0.15, -0.1) is 0 Å². The monoisotopic (exact) mass is 349 g/mol. The Labute approximate surface area is 158 Å². The summed E-state index contributed by atoms with van der Waals surface area (Å²) in [5, 5.41) is 7.16. The Hall–Kier alpha value is -3.59. The number of hydrazone groups is 1. The first-order valence-electron chi connectivity index (χ1n) is 9.12. The van der Waals surface area contributed by atoms with Crippen LogP contribution in [0.3, 0.4) is 0 Å². The van der Waals surface area contributed by atoms with Crippen LogP contribution in [0.25, 0.3) is 10.8 Å². The number of anilines is 1.